The van der Waals surface area contributed by atoms with Gasteiger partial charge in [-0.25, -0.2) is 0 Å². The number of carbonyl (C=O) groups is 1. The summed E-state index contributed by atoms with van der Waals surface area (Å²) in [4.78, 5) is 16.9. The molecule has 0 saturated carbocycles. The maximum atomic E-state index is 13.6. The minimum atomic E-state index is -4.97. The van der Waals surface area contributed by atoms with Crippen LogP contribution < -0.4 is 11.1 Å². The smallest absolute Gasteiger partial charge is 0.391 e. The zero-order valence-electron chi connectivity index (χ0n) is 20.7. The number of nitrogens with two attached hydrogens (primary N) is 1. The molecule has 1 unspecified atom stereocenters. The van der Waals surface area contributed by atoms with Crippen molar-refractivity contribution >= 4 is 17.5 Å². The molecule has 4 rings (SSSR count). The second kappa shape index (κ2) is 11.5. The number of benzene rings is 2. The van der Waals surface area contributed by atoms with Crippen LogP contribution in [0.15, 0.2) is 54.0 Å². The van der Waals surface area contributed by atoms with Crippen molar-refractivity contribution in [3.63, 3.8) is 0 Å². The van der Waals surface area contributed by atoms with Gasteiger partial charge in [0.15, 0.2) is 0 Å². The van der Waals surface area contributed by atoms with Crippen LogP contribution in [0.25, 0.3) is 0 Å². The molecule has 6 nitrogen and oxygen atoms in total. The predicted octanol–water partition coefficient (Wildman–Crippen LogP) is 5.29. The van der Waals surface area contributed by atoms with Crippen LogP contribution in [-0.4, -0.2) is 48.6 Å². The molecule has 212 valence electrons. The summed E-state index contributed by atoms with van der Waals surface area (Å²) in [6.45, 7) is 1.23. The van der Waals surface area contributed by atoms with Crippen LogP contribution in [0.2, 0.25) is 5.02 Å². The summed E-state index contributed by atoms with van der Waals surface area (Å²) in [6.07, 6.45) is -8.58. The van der Waals surface area contributed by atoms with Crippen molar-refractivity contribution in [3.8, 4) is 0 Å². The summed E-state index contributed by atoms with van der Waals surface area (Å²) in [5.74, 6) is -0.384. The molecular weight excluding hydrogens is 550 g/mol. The maximum absolute atomic E-state index is 13.6. The minimum absolute atomic E-state index is 0.0718. The Morgan fingerprint density at radius 2 is 1.62 bits per heavy atom. The van der Waals surface area contributed by atoms with E-state index in [0.29, 0.717) is 62.8 Å². The summed E-state index contributed by atoms with van der Waals surface area (Å²) < 4.78 is 85.4. The first-order valence-electron chi connectivity index (χ1n) is 12.3. The van der Waals surface area contributed by atoms with Gasteiger partial charge in [0.25, 0.3) is 5.91 Å². The largest absolute Gasteiger partial charge is 0.416 e. The van der Waals surface area contributed by atoms with Gasteiger partial charge >= 0.3 is 12.4 Å². The SMILES string of the molecule is N/C(C(=O)N1CCCC1c1ccccc1Cl)=C(\NCc1cc(C(F)(F)F)cc(C(F)(F)F)c1)N1CCOCC1. The van der Waals surface area contributed by atoms with Crippen molar-refractivity contribution < 1.29 is 35.9 Å². The van der Waals surface area contributed by atoms with E-state index in [1.807, 2.05) is 12.1 Å². The molecule has 1 atom stereocenters. The van der Waals surface area contributed by atoms with E-state index in [9.17, 15) is 31.1 Å². The monoisotopic (exact) mass is 576 g/mol. The summed E-state index contributed by atoms with van der Waals surface area (Å²) in [7, 11) is 0. The highest BCUT2D eigenvalue weighted by atomic mass is 35.5. The lowest BCUT2D eigenvalue weighted by molar-refractivity contribution is -0.143. The third-order valence-electron chi connectivity index (χ3n) is 6.70. The van der Waals surface area contributed by atoms with E-state index in [1.54, 1.807) is 21.9 Å². The molecule has 2 aliphatic heterocycles. The van der Waals surface area contributed by atoms with Gasteiger partial charge in [0.2, 0.25) is 0 Å². The molecule has 2 heterocycles. The van der Waals surface area contributed by atoms with Crippen LogP contribution in [-0.2, 0) is 28.4 Å². The molecule has 13 heteroatoms. The Morgan fingerprint density at radius 3 is 2.21 bits per heavy atom. The first-order chi connectivity index (χ1) is 18.4. The Balaban J connectivity index is 1.65. The fourth-order valence-electron chi connectivity index (χ4n) is 4.81. The van der Waals surface area contributed by atoms with Gasteiger partial charge < -0.3 is 25.6 Å². The molecule has 0 aliphatic carbocycles. The molecular formula is C26H27ClF6N4O2. The molecule has 0 aromatic heterocycles. The van der Waals surface area contributed by atoms with Gasteiger partial charge in [-0.3, -0.25) is 4.79 Å². The fourth-order valence-corrected chi connectivity index (χ4v) is 5.07. The predicted molar refractivity (Wildman–Crippen MR) is 132 cm³/mol. The number of hydrogen-bond acceptors (Lipinski definition) is 5. The Kier molecular flexibility index (Phi) is 8.55. The molecule has 2 aromatic carbocycles. The molecule has 2 saturated heterocycles. The summed E-state index contributed by atoms with van der Waals surface area (Å²) in [5.41, 5.74) is 3.83. The second-order valence-corrected chi connectivity index (χ2v) is 9.71. The van der Waals surface area contributed by atoms with Crippen LogP contribution in [0.3, 0.4) is 0 Å². The van der Waals surface area contributed by atoms with Gasteiger partial charge in [-0.05, 0) is 48.2 Å². The Labute approximate surface area is 226 Å². The van der Waals surface area contributed by atoms with Gasteiger partial charge in [-0.15, -0.1) is 0 Å². The lowest BCUT2D eigenvalue weighted by Crippen LogP contribution is -2.45. The van der Waals surface area contributed by atoms with Crippen LogP contribution in [0.5, 0.6) is 0 Å². The lowest BCUT2D eigenvalue weighted by Gasteiger charge is -2.34. The number of halogens is 7. The lowest BCUT2D eigenvalue weighted by atomic mass is 10.0. The van der Waals surface area contributed by atoms with Gasteiger partial charge in [0, 0.05) is 31.2 Å². The van der Waals surface area contributed by atoms with Crippen LogP contribution >= 0.6 is 11.6 Å². The third-order valence-corrected chi connectivity index (χ3v) is 7.04. The number of carbonyl (C=O) groups excluding carboxylic acids is 1. The van der Waals surface area contributed by atoms with E-state index in [0.717, 1.165) is 5.56 Å². The molecule has 39 heavy (non-hydrogen) atoms. The number of hydrogen-bond donors (Lipinski definition) is 2. The fraction of sp³-hybridized carbons (Fsp3) is 0.423. The van der Waals surface area contributed by atoms with E-state index >= 15 is 0 Å². The molecule has 1 amide bonds. The van der Waals surface area contributed by atoms with Gasteiger partial charge in [0.05, 0.1) is 30.4 Å². The molecule has 3 N–H and O–H groups in total. The number of amides is 1. The Bertz CT molecular complexity index is 1200. The molecule has 0 spiro atoms. The van der Waals surface area contributed by atoms with Crippen molar-refractivity contribution in [2.75, 3.05) is 32.8 Å². The van der Waals surface area contributed by atoms with E-state index in [4.69, 9.17) is 22.1 Å². The highest BCUT2D eigenvalue weighted by Gasteiger charge is 2.37. The molecule has 2 fully saturated rings. The van der Waals surface area contributed by atoms with E-state index in [1.165, 1.54) is 0 Å². The number of nitrogens with zero attached hydrogens (tertiary/aromatic N) is 2. The summed E-state index contributed by atoms with van der Waals surface area (Å²) in [6, 6.07) is 8.17. The summed E-state index contributed by atoms with van der Waals surface area (Å²) in [5, 5.41) is 3.35. The first-order valence-corrected chi connectivity index (χ1v) is 12.6. The topological polar surface area (TPSA) is 70.8 Å². The molecule has 0 bridgehead atoms. The molecule has 2 aliphatic rings. The number of rotatable bonds is 6. The minimum Gasteiger partial charge on any atom is -0.391 e. The Morgan fingerprint density at radius 1 is 1.00 bits per heavy atom. The number of nitrogens with one attached hydrogen (secondary N) is 1. The second-order valence-electron chi connectivity index (χ2n) is 9.31. The van der Waals surface area contributed by atoms with Crippen molar-refractivity contribution in [1.29, 1.82) is 0 Å². The van der Waals surface area contributed by atoms with E-state index < -0.39 is 35.9 Å². The van der Waals surface area contributed by atoms with Crippen LogP contribution in [0, 0.1) is 0 Å². The normalized spacial score (nSPS) is 19.2. The van der Waals surface area contributed by atoms with E-state index in [2.05, 4.69) is 5.32 Å². The van der Waals surface area contributed by atoms with Crippen molar-refractivity contribution in [1.82, 2.24) is 15.1 Å². The Hall–Kier alpha value is -3.12. The van der Waals surface area contributed by atoms with Gasteiger partial charge in [0.1, 0.15) is 11.5 Å². The number of morpholine rings is 1. The average molecular weight is 577 g/mol. The third kappa shape index (κ3) is 6.73. The van der Waals surface area contributed by atoms with Crippen LogP contribution in [0.4, 0.5) is 26.3 Å². The summed E-state index contributed by atoms with van der Waals surface area (Å²) >= 11 is 6.37. The number of ether oxygens (including phenoxy) is 1. The maximum Gasteiger partial charge on any atom is 0.416 e. The van der Waals surface area contributed by atoms with Crippen LogP contribution in [0.1, 0.15) is 41.1 Å². The van der Waals surface area contributed by atoms with Crippen molar-refractivity contribution in [3.05, 3.63) is 81.3 Å². The number of alkyl halides is 6. The van der Waals surface area contributed by atoms with E-state index in [-0.39, 0.29) is 29.2 Å². The standard InChI is InChI=1S/C26H27ClF6N4O2/c27-20-5-2-1-4-19(20)21-6-3-7-37(21)24(38)22(34)23(36-8-10-39-11-9-36)35-15-16-12-17(25(28,29)30)14-18(13-16)26(31,32)33/h1-2,4-5,12-14,21,35H,3,6-11,15,34H2/b23-22+. The van der Waals surface area contributed by atoms with Gasteiger partial charge in [-0.2, -0.15) is 26.3 Å². The highest BCUT2D eigenvalue weighted by Crippen LogP contribution is 2.38. The zero-order valence-corrected chi connectivity index (χ0v) is 21.5. The van der Waals surface area contributed by atoms with Crippen molar-refractivity contribution in [2.45, 2.75) is 37.8 Å². The van der Waals surface area contributed by atoms with Gasteiger partial charge in [-0.1, -0.05) is 29.8 Å². The average Bonchev–Trinajstić information content (AvgIpc) is 3.37. The zero-order chi connectivity index (χ0) is 28.4. The highest BCUT2D eigenvalue weighted by molar-refractivity contribution is 6.31. The van der Waals surface area contributed by atoms with Crippen molar-refractivity contribution in [2.24, 2.45) is 5.73 Å². The number of likely N-dealkylation sites (tertiary alicyclic amines) is 1. The molecule has 0 radical (unpaired) electrons. The molecule has 2 aromatic rings. The first kappa shape index (κ1) is 28.9. The quantitative estimate of drug-likeness (QED) is 0.361.